The zero-order chi connectivity index (χ0) is 26.1. The number of aliphatic hydroxyl groups is 1. The number of carbonyl (C=O) groups excluding carboxylic acids is 1. The number of alkyl halides is 2. The van der Waals surface area contributed by atoms with E-state index < -0.39 is 11.5 Å². The van der Waals surface area contributed by atoms with E-state index in [1.54, 1.807) is 11.1 Å². The first-order valence-electron chi connectivity index (χ1n) is 11.7. The second kappa shape index (κ2) is 10.1. The topological polar surface area (TPSA) is 104 Å². The van der Waals surface area contributed by atoms with Crippen molar-refractivity contribution >= 4 is 29.5 Å². The first kappa shape index (κ1) is 26.0. The predicted octanol–water partition coefficient (Wildman–Crippen LogP) is 5.45. The average molecular weight is 520 g/mol. The molecule has 2 aliphatic heterocycles. The highest BCUT2D eigenvalue weighted by molar-refractivity contribution is 6.31. The van der Waals surface area contributed by atoms with Crippen molar-refractivity contribution < 1.29 is 23.1 Å². The van der Waals surface area contributed by atoms with Crippen molar-refractivity contribution in [1.82, 2.24) is 15.1 Å². The maximum atomic E-state index is 14.0. The molecule has 8 nitrogen and oxygen atoms in total. The number of nitrogens with one attached hydrogen (secondary N) is 1. The van der Waals surface area contributed by atoms with Gasteiger partial charge in [-0.1, -0.05) is 30.7 Å². The van der Waals surface area contributed by atoms with Gasteiger partial charge in [0.25, 0.3) is 5.92 Å². The van der Waals surface area contributed by atoms with Crippen molar-refractivity contribution in [3.63, 3.8) is 0 Å². The zero-order valence-corrected chi connectivity index (χ0v) is 21.0. The highest BCUT2D eigenvalue weighted by Gasteiger charge is 2.36. The molecule has 2 aliphatic rings. The summed E-state index contributed by atoms with van der Waals surface area (Å²) in [6.45, 7) is 5.94. The van der Waals surface area contributed by atoms with Crippen molar-refractivity contribution in [2.45, 2.75) is 57.6 Å². The van der Waals surface area contributed by atoms with Gasteiger partial charge < -0.3 is 19.7 Å². The van der Waals surface area contributed by atoms with Crippen LogP contribution < -0.4 is 5.32 Å². The van der Waals surface area contributed by atoms with Gasteiger partial charge in [0.15, 0.2) is 0 Å². The number of allylic oxidation sites excluding steroid dienone is 1. The molecule has 1 aromatic heterocycles. The number of dihydropyridines is 1. The van der Waals surface area contributed by atoms with Gasteiger partial charge in [-0.15, -0.1) is 10.2 Å². The molecule has 2 unspecified atom stereocenters. The molecule has 0 aliphatic carbocycles. The van der Waals surface area contributed by atoms with Crippen molar-refractivity contribution in [1.29, 1.82) is 0 Å². The lowest BCUT2D eigenvalue weighted by Crippen LogP contribution is -2.41. The van der Waals surface area contributed by atoms with Gasteiger partial charge in [-0.3, -0.25) is 4.99 Å². The van der Waals surface area contributed by atoms with Crippen LogP contribution in [0.15, 0.2) is 50.9 Å². The van der Waals surface area contributed by atoms with E-state index in [0.29, 0.717) is 31.1 Å². The third-order valence-corrected chi connectivity index (χ3v) is 7.09. The summed E-state index contributed by atoms with van der Waals surface area (Å²) in [5.41, 5.74) is 1.66. The van der Waals surface area contributed by atoms with Crippen LogP contribution in [0, 0.1) is 0 Å². The minimum absolute atomic E-state index is 0.0859. The SMILES string of the molecule is CCC(F)(F)c1ccc(NC(=O)N2CC=C(C3(C)N=CC(c4nnc(CO)o4)C=C3C)CC2)cc1Cl. The highest BCUT2D eigenvalue weighted by Crippen LogP contribution is 2.39. The summed E-state index contributed by atoms with van der Waals surface area (Å²) in [5, 5.41) is 19.6. The van der Waals surface area contributed by atoms with E-state index in [2.05, 4.69) is 15.5 Å². The van der Waals surface area contributed by atoms with Crippen LogP contribution in [0.4, 0.5) is 19.3 Å². The quantitative estimate of drug-likeness (QED) is 0.493. The summed E-state index contributed by atoms with van der Waals surface area (Å²) >= 11 is 6.06. The molecule has 0 saturated carbocycles. The number of hydrogen-bond acceptors (Lipinski definition) is 6. The van der Waals surface area contributed by atoms with Crippen LogP contribution in [-0.2, 0) is 12.5 Å². The summed E-state index contributed by atoms with van der Waals surface area (Å²) < 4.78 is 33.4. The lowest BCUT2D eigenvalue weighted by Gasteiger charge is -2.37. The number of urea groups is 1. The van der Waals surface area contributed by atoms with Gasteiger partial charge in [0.05, 0.1) is 16.5 Å². The number of aromatic nitrogens is 2. The molecule has 0 bridgehead atoms. The van der Waals surface area contributed by atoms with Crippen LogP contribution in [0.5, 0.6) is 0 Å². The molecule has 1 aromatic carbocycles. The molecule has 36 heavy (non-hydrogen) atoms. The lowest BCUT2D eigenvalue weighted by atomic mass is 9.79. The third-order valence-electron chi connectivity index (χ3n) is 6.77. The van der Waals surface area contributed by atoms with Gasteiger partial charge in [0, 0.05) is 37.0 Å². The molecule has 0 fully saturated rings. The largest absolute Gasteiger partial charge is 0.422 e. The summed E-state index contributed by atoms with van der Waals surface area (Å²) in [4.78, 5) is 19.2. The minimum atomic E-state index is -3.02. The van der Waals surface area contributed by atoms with E-state index in [0.717, 1.165) is 11.1 Å². The Balaban J connectivity index is 1.41. The number of rotatable bonds is 6. The minimum Gasteiger partial charge on any atom is -0.422 e. The molecule has 3 heterocycles. The normalized spacial score (nSPS) is 22.3. The van der Waals surface area contributed by atoms with Crippen LogP contribution in [0.3, 0.4) is 0 Å². The van der Waals surface area contributed by atoms with Gasteiger partial charge in [-0.05, 0) is 49.6 Å². The number of carbonyl (C=O) groups is 1. The Hall–Kier alpha value is -3.11. The van der Waals surface area contributed by atoms with Crippen LogP contribution in [0.25, 0.3) is 0 Å². The van der Waals surface area contributed by atoms with E-state index in [1.807, 2.05) is 26.0 Å². The van der Waals surface area contributed by atoms with Crippen molar-refractivity contribution in [3.8, 4) is 0 Å². The third kappa shape index (κ3) is 5.05. The average Bonchev–Trinajstić information content (AvgIpc) is 3.35. The van der Waals surface area contributed by atoms with Gasteiger partial charge in [-0.2, -0.15) is 0 Å². The van der Waals surface area contributed by atoms with E-state index in [1.165, 1.54) is 25.1 Å². The van der Waals surface area contributed by atoms with E-state index in [-0.39, 0.29) is 41.5 Å². The standard InChI is InChI=1S/C25H28ClF2N5O3/c1-4-25(27,28)19-6-5-18(12-20(19)26)30-23(35)33-9-7-17(8-10-33)24(3)15(2)11-16(13-29-24)22-32-31-21(14-34)36-22/h5-7,11-13,16,34H,4,8-10,14H2,1-3H3,(H,30,35). The number of benzene rings is 1. The highest BCUT2D eigenvalue weighted by atomic mass is 35.5. The number of nitrogens with zero attached hydrogens (tertiary/aromatic N) is 4. The monoisotopic (exact) mass is 519 g/mol. The van der Waals surface area contributed by atoms with Gasteiger partial charge in [-0.25, -0.2) is 13.6 Å². The van der Waals surface area contributed by atoms with E-state index >= 15 is 0 Å². The first-order chi connectivity index (χ1) is 17.1. The number of aliphatic imine (C=N–C) groups is 1. The maximum Gasteiger partial charge on any atom is 0.322 e. The second-order valence-corrected chi connectivity index (χ2v) is 9.43. The number of hydrogen-bond donors (Lipinski definition) is 2. The molecule has 4 rings (SSSR count). The van der Waals surface area contributed by atoms with E-state index in [4.69, 9.17) is 26.1 Å². The number of aliphatic hydroxyl groups excluding tert-OH is 1. The molecular formula is C25H28ClF2N5O3. The van der Waals surface area contributed by atoms with Crippen LogP contribution in [-0.4, -0.2) is 51.1 Å². The molecule has 2 aromatic rings. The van der Waals surface area contributed by atoms with Crippen molar-refractivity contribution in [2.75, 3.05) is 18.4 Å². The molecule has 2 atom stereocenters. The van der Waals surface area contributed by atoms with Crippen molar-refractivity contribution in [3.05, 3.63) is 63.9 Å². The summed E-state index contributed by atoms with van der Waals surface area (Å²) in [5.74, 6) is -2.77. The van der Waals surface area contributed by atoms with Gasteiger partial charge >= 0.3 is 6.03 Å². The molecule has 2 amide bonds. The smallest absolute Gasteiger partial charge is 0.322 e. The Morgan fingerprint density at radius 3 is 2.75 bits per heavy atom. The summed E-state index contributed by atoms with van der Waals surface area (Å²) in [6, 6.07) is 3.69. The number of amides is 2. The zero-order valence-electron chi connectivity index (χ0n) is 20.3. The maximum absolute atomic E-state index is 14.0. The molecule has 11 heteroatoms. The first-order valence-corrected chi connectivity index (χ1v) is 12.1. The van der Waals surface area contributed by atoms with Crippen LogP contribution in [0.2, 0.25) is 5.02 Å². The Bertz CT molecular complexity index is 1240. The Labute approximate surface area is 212 Å². The predicted molar refractivity (Wildman–Crippen MR) is 133 cm³/mol. The summed E-state index contributed by atoms with van der Waals surface area (Å²) in [7, 11) is 0. The molecule has 0 spiro atoms. The molecule has 2 N–H and O–H groups in total. The molecule has 192 valence electrons. The van der Waals surface area contributed by atoms with Gasteiger partial charge in [0.1, 0.15) is 6.61 Å². The van der Waals surface area contributed by atoms with Crippen molar-refractivity contribution in [2.24, 2.45) is 4.99 Å². The van der Waals surface area contributed by atoms with Crippen LogP contribution >= 0.6 is 11.6 Å². The fourth-order valence-electron chi connectivity index (χ4n) is 4.32. The van der Waals surface area contributed by atoms with Gasteiger partial charge in [0.2, 0.25) is 11.8 Å². The van der Waals surface area contributed by atoms with Crippen LogP contribution in [0.1, 0.15) is 56.9 Å². The fraction of sp³-hybridized carbons (Fsp3) is 0.440. The Morgan fingerprint density at radius 1 is 1.39 bits per heavy atom. The lowest BCUT2D eigenvalue weighted by molar-refractivity contribution is -0.00815. The number of halogens is 3. The summed E-state index contributed by atoms with van der Waals surface area (Å²) in [6.07, 6.45) is 6.02. The van der Waals surface area contributed by atoms with E-state index in [9.17, 15) is 13.6 Å². The molecule has 0 saturated heterocycles. The Morgan fingerprint density at radius 2 is 2.17 bits per heavy atom. The number of anilines is 1. The second-order valence-electron chi connectivity index (χ2n) is 9.03. The fourth-order valence-corrected chi connectivity index (χ4v) is 4.64. The Kier molecular flexibility index (Phi) is 7.28. The molecule has 0 radical (unpaired) electrons. The molecular weight excluding hydrogens is 492 g/mol.